The number of nitro groups is 1. The second kappa shape index (κ2) is 5.39. The third-order valence-corrected chi connectivity index (χ3v) is 2.62. The van der Waals surface area contributed by atoms with Crippen LogP contribution in [0.2, 0.25) is 0 Å². The van der Waals surface area contributed by atoms with Crippen LogP contribution in [-0.4, -0.2) is 9.91 Å². The molecule has 8 heteroatoms. The Morgan fingerprint density at radius 1 is 1.24 bits per heavy atom. The van der Waals surface area contributed by atoms with E-state index in [9.17, 15) is 23.3 Å². The molecule has 1 heterocycles. The summed E-state index contributed by atoms with van der Waals surface area (Å²) in [5.74, 6) is 0.419. The maximum Gasteiger partial charge on any atom is 0.433 e. The Labute approximate surface area is 117 Å². The number of nitrogens with zero attached hydrogens (tertiary/aromatic N) is 2. The van der Waals surface area contributed by atoms with E-state index >= 15 is 0 Å². The number of hydrogen-bond donors (Lipinski definition) is 0. The lowest BCUT2D eigenvalue weighted by Crippen LogP contribution is -2.07. The van der Waals surface area contributed by atoms with Gasteiger partial charge in [0.25, 0.3) is 5.69 Å². The molecule has 0 amide bonds. The number of halogens is 3. The zero-order chi connectivity index (χ0) is 15.6. The number of aryl methyl sites for hydroxylation is 1. The van der Waals surface area contributed by atoms with Crippen molar-refractivity contribution < 1.29 is 22.8 Å². The van der Waals surface area contributed by atoms with Crippen LogP contribution in [0.25, 0.3) is 0 Å². The summed E-state index contributed by atoms with van der Waals surface area (Å²) < 4.78 is 42.4. The first-order chi connectivity index (χ1) is 9.77. The highest BCUT2D eigenvalue weighted by molar-refractivity contribution is 5.44. The van der Waals surface area contributed by atoms with Crippen LogP contribution in [0.4, 0.5) is 18.9 Å². The highest BCUT2D eigenvalue weighted by Gasteiger charge is 2.32. The molecule has 110 valence electrons. The average molecular weight is 298 g/mol. The number of benzene rings is 1. The quantitative estimate of drug-likeness (QED) is 0.632. The van der Waals surface area contributed by atoms with Crippen molar-refractivity contribution >= 4 is 5.69 Å². The van der Waals surface area contributed by atoms with Gasteiger partial charge in [0.15, 0.2) is 0 Å². The molecule has 2 aromatic rings. The molecule has 0 fully saturated rings. The van der Waals surface area contributed by atoms with Crippen molar-refractivity contribution in [3.05, 3.63) is 57.9 Å². The van der Waals surface area contributed by atoms with Crippen molar-refractivity contribution in [2.45, 2.75) is 13.1 Å². The van der Waals surface area contributed by atoms with Gasteiger partial charge in [-0.3, -0.25) is 10.1 Å². The number of hydrogen-bond acceptors (Lipinski definition) is 4. The summed E-state index contributed by atoms with van der Waals surface area (Å²) in [6.07, 6.45) is -3.56. The maximum absolute atomic E-state index is 12.4. The number of alkyl halides is 3. The summed E-state index contributed by atoms with van der Waals surface area (Å²) in [6.45, 7) is 1.60. The number of aromatic nitrogens is 1. The molecule has 5 nitrogen and oxygen atoms in total. The van der Waals surface area contributed by atoms with Crippen molar-refractivity contribution in [2.75, 3.05) is 0 Å². The molecule has 0 aliphatic heterocycles. The first-order valence-corrected chi connectivity index (χ1v) is 5.73. The predicted molar refractivity (Wildman–Crippen MR) is 67.1 cm³/mol. The van der Waals surface area contributed by atoms with Gasteiger partial charge in [-0.25, -0.2) is 4.98 Å². The number of non-ortho nitro benzene ring substituents is 1. The van der Waals surface area contributed by atoms with Crippen LogP contribution in [0.15, 0.2) is 36.5 Å². The second-order valence-electron chi connectivity index (χ2n) is 4.19. The van der Waals surface area contributed by atoms with Crippen LogP contribution in [0.3, 0.4) is 0 Å². The first-order valence-electron chi connectivity index (χ1n) is 5.73. The maximum atomic E-state index is 12.4. The van der Waals surface area contributed by atoms with Crippen molar-refractivity contribution in [3.8, 4) is 11.5 Å². The number of nitro benzene ring substituents is 1. The van der Waals surface area contributed by atoms with E-state index in [1.54, 1.807) is 6.92 Å². The third-order valence-electron chi connectivity index (χ3n) is 2.62. The van der Waals surface area contributed by atoms with E-state index < -0.39 is 16.8 Å². The van der Waals surface area contributed by atoms with Gasteiger partial charge in [0.05, 0.1) is 11.1 Å². The molecule has 1 aromatic carbocycles. The fourth-order valence-electron chi connectivity index (χ4n) is 1.60. The van der Waals surface area contributed by atoms with Crippen molar-refractivity contribution in [3.63, 3.8) is 0 Å². The standard InChI is InChI=1S/C13H9F3N2O3/c1-8-6-9(18(19)20)2-4-11(8)21-10-3-5-12(17-7-10)13(14,15)16/h2-7H,1H3. The molecule has 2 rings (SSSR count). The third kappa shape index (κ3) is 3.47. The largest absolute Gasteiger partial charge is 0.455 e. The summed E-state index contributed by atoms with van der Waals surface area (Å²) in [5, 5.41) is 10.6. The average Bonchev–Trinajstić information content (AvgIpc) is 2.40. The van der Waals surface area contributed by atoms with Crippen LogP contribution >= 0.6 is 0 Å². The topological polar surface area (TPSA) is 65.3 Å². The SMILES string of the molecule is Cc1cc([N+](=O)[O-])ccc1Oc1ccc(C(F)(F)F)nc1. The Bertz CT molecular complexity index is 669. The first kappa shape index (κ1) is 14.8. The Hall–Kier alpha value is -2.64. The molecular formula is C13H9F3N2O3. The molecule has 0 saturated heterocycles. The second-order valence-corrected chi connectivity index (χ2v) is 4.19. The molecule has 0 radical (unpaired) electrons. The van der Waals surface area contributed by atoms with Crippen molar-refractivity contribution in [1.29, 1.82) is 0 Å². The lowest BCUT2D eigenvalue weighted by atomic mass is 10.2. The smallest absolute Gasteiger partial charge is 0.433 e. The molecule has 0 aliphatic carbocycles. The van der Waals surface area contributed by atoms with E-state index in [0.717, 1.165) is 18.3 Å². The molecular weight excluding hydrogens is 289 g/mol. The van der Waals surface area contributed by atoms with Gasteiger partial charge in [-0.1, -0.05) is 0 Å². The summed E-state index contributed by atoms with van der Waals surface area (Å²) >= 11 is 0. The highest BCUT2D eigenvalue weighted by atomic mass is 19.4. The lowest BCUT2D eigenvalue weighted by Gasteiger charge is -2.09. The van der Waals surface area contributed by atoms with Crippen LogP contribution in [-0.2, 0) is 6.18 Å². The van der Waals surface area contributed by atoms with Gasteiger partial charge >= 0.3 is 6.18 Å². The molecule has 0 saturated carbocycles. The van der Waals surface area contributed by atoms with E-state index in [1.807, 2.05) is 0 Å². The van der Waals surface area contributed by atoms with Gasteiger partial charge in [0.2, 0.25) is 0 Å². The van der Waals surface area contributed by atoms with Gasteiger partial charge in [-0.15, -0.1) is 0 Å². The predicted octanol–water partition coefficient (Wildman–Crippen LogP) is 4.11. The summed E-state index contributed by atoms with van der Waals surface area (Å²) in [7, 11) is 0. The van der Waals surface area contributed by atoms with E-state index in [2.05, 4.69) is 4.98 Å². The summed E-state index contributed by atoms with van der Waals surface area (Å²) in [5.41, 5.74) is -0.621. The Morgan fingerprint density at radius 3 is 2.43 bits per heavy atom. The molecule has 0 spiro atoms. The van der Waals surface area contributed by atoms with Gasteiger partial charge in [-0.2, -0.15) is 13.2 Å². The molecule has 1 aromatic heterocycles. The van der Waals surface area contributed by atoms with Crippen LogP contribution in [0.1, 0.15) is 11.3 Å². The molecule has 0 atom stereocenters. The van der Waals surface area contributed by atoms with Crippen LogP contribution < -0.4 is 4.74 Å². The highest BCUT2D eigenvalue weighted by Crippen LogP contribution is 2.31. The number of rotatable bonds is 3. The van der Waals surface area contributed by atoms with Gasteiger partial charge in [0.1, 0.15) is 17.2 Å². The fourth-order valence-corrected chi connectivity index (χ4v) is 1.60. The monoisotopic (exact) mass is 298 g/mol. The molecule has 0 unspecified atom stereocenters. The van der Waals surface area contributed by atoms with Crippen molar-refractivity contribution in [2.24, 2.45) is 0 Å². The minimum absolute atomic E-state index is 0.0922. The minimum Gasteiger partial charge on any atom is -0.455 e. The zero-order valence-corrected chi connectivity index (χ0v) is 10.7. The molecule has 0 aliphatic rings. The zero-order valence-electron chi connectivity index (χ0n) is 10.7. The van der Waals surface area contributed by atoms with Crippen LogP contribution in [0, 0.1) is 17.0 Å². The fraction of sp³-hybridized carbons (Fsp3) is 0.154. The number of ether oxygens (including phenoxy) is 1. The van der Waals surface area contributed by atoms with Gasteiger partial charge in [0, 0.05) is 12.1 Å². The summed E-state index contributed by atoms with van der Waals surface area (Å²) in [6, 6.07) is 5.88. The van der Waals surface area contributed by atoms with E-state index in [-0.39, 0.29) is 11.4 Å². The minimum atomic E-state index is -4.51. The van der Waals surface area contributed by atoms with E-state index in [4.69, 9.17) is 4.74 Å². The molecule has 0 bridgehead atoms. The Kier molecular flexibility index (Phi) is 3.79. The van der Waals surface area contributed by atoms with Crippen molar-refractivity contribution in [1.82, 2.24) is 4.98 Å². The normalized spacial score (nSPS) is 11.2. The number of pyridine rings is 1. The van der Waals surface area contributed by atoms with E-state index in [1.165, 1.54) is 18.2 Å². The Morgan fingerprint density at radius 2 is 1.95 bits per heavy atom. The summed E-state index contributed by atoms with van der Waals surface area (Å²) in [4.78, 5) is 13.3. The Balaban J connectivity index is 2.20. The lowest BCUT2D eigenvalue weighted by molar-refractivity contribution is -0.384. The van der Waals surface area contributed by atoms with Gasteiger partial charge < -0.3 is 4.74 Å². The van der Waals surface area contributed by atoms with Gasteiger partial charge in [-0.05, 0) is 30.7 Å². The molecule has 21 heavy (non-hydrogen) atoms. The van der Waals surface area contributed by atoms with E-state index in [0.29, 0.717) is 11.3 Å². The molecule has 0 N–H and O–H groups in total. The van der Waals surface area contributed by atoms with Crippen LogP contribution in [0.5, 0.6) is 11.5 Å².